The fraction of sp³-hybridized carbons (Fsp3) is 0.562. The van der Waals surface area contributed by atoms with Crippen LogP contribution in [0.4, 0.5) is 0 Å². The van der Waals surface area contributed by atoms with Gasteiger partial charge in [0, 0.05) is 6.04 Å². The highest BCUT2D eigenvalue weighted by molar-refractivity contribution is 5.55. The third-order valence-electron chi connectivity index (χ3n) is 4.50. The standard InChI is InChI=1S/C16H24N2O/c1-5-11(2)14-7-6-8-15(12(14)3)18-13(4)16-9-17-10-19-16/h5,9-12,14-15,18H,1,4,6-8H2,2-3H3. The van der Waals surface area contributed by atoms with Crippen molar-refractivity contribution in [2.45, 2.75) is 39.2 Å². The Bertz CT molecular complexity index is 424. The number of rotatable bonds is 5. The highest BCUT2D eigenvalue weighted by atomic mass is 16.3. The van der Waals surface area contributed by atoms with Gasteiger partial charge in [-0.2, -0.15) is 0 Å². The molecule has 1 N–H and O–H groups in total. The largest absolute Gasteiger partial charge is 0.442 e. The molecule has 1 aliphatic rings. The van der Waals surface area contributed by atoms with Crippen LogP contribution in [0.25, 0.3) is 5.70 Å². The highest BCUT2D eigenvalue weighted by Gasteiger charge is 2.32. The van der Waals surface area contributed by atoms with Crippen LogP contribution in [-0.4, -0.2) is 11.0 Å². The maximum Gasteiger partial charge on any atom is 0.181 e. The topological polar surface area (TPSA) is 38.1 Å². The van der Waals surface area contributed by atoms with E-state index in [1.807, 2.05) is 0 Å². The molecule has 1 aromatic rings. The van der Waals surface area contributed by atoms with Crippen molar-refractivity contribution in [3.8, 4) is 0 Å². The molecule has 0 spiro atoms. The van der Waals surface area contributed by atoms with E-state index < -0.39 is 0 Å². The van der Waals surface area contributed by atoms with Gasteiger partial charge in [-0.3, -0.25) is 0 Å². The molecule has 3 heteroatoms. The average Bonchev–Trinajstić information content (AvgIpc) is 2.94. The molecule has 3 nitrogen and oxygen atoms in total. The van der Waals surface area contributed by atoms with Crippen LogP contribution >= 0.6 is 0 Å². The first kappa shape index (κ1) is 13.9. The summed E-state index contributed by atoms with van der Waals surface area (Å²) in [4.78, 5) is 3.93. The van der Waals surface area contributed by atoms with Crippen molar-refractivity contribution < 1.29 is 4.42 Å². The summed E-state index contributed by atoms with van der Waals surface area (Å²) in [7, 11) is 0. The van der Waals surface area contributed by atoms with E-state index in [0.29, 0.717) is 23.8 Å². The summed E-state index contributed by atoms with van der Waals surface area (Å²) in [5.74, 6) is 2.61. The molecule has 0 amide bonds. The minimum Gasteiger partial charge on any atom is -0.442 e. The first-order chi connectivity index (χ1) is 9.13. The lowest BCUT2D eigenvalue weighted by Crippen LogP contribution is -2.41. The van der Waals surface area contributed by atoms with Gasteiger partial charge < -0.3 is 9.73 Å². The highest BCUT2D eigenvalue weighted by Crippen LogP contribution is 2.36. The van der Waals surface area contributed by atoms with Crippen LogP contribution in [-0.2, 0) is 0 Å². The van der Waals surface area contributed by atoms with Crippen molar-refractivity contribution in [2.75, 3.05) is 0 Å². The Hall–Kier alpha value is -1.51. The van der Waals surface area contributed by atoms with Crippen LogP contribution in [0.3, 0.4) is 0 Å². The molecule has 104 valence electrons. The summed E-state index contributed by atoms with van der Waals surface area (Å²) in [5, 5.41) is 3.52. The van der Waals surface area contributed by atoms with E-state index in [4.69, 9.17) is 4.42 Å². The van der Waals surface area contributed by atoms with Gasteiger partial charge >= 0.3 is 0 Å². The van der Waals surface area contributed by atoms with Crippen molar-refractivity contribution in [3.63, 3.8) is 0 Å². The third kappa shape index (κ3) is 3.09. The Morgan fingerprint density at radius 1 is 1.58 bits per heavy atom. The van der Waals surface area contributed by atoms with Gasteiger partial charge in [-0.05, 0) is 30.6 Å². The SMILES string of the molecule is C=CC(C)C1CCCC(NC(=C)c2cnco2)C1C. The molecular weight excluding hydrogens is 236 g/mol. The maximum absolute atomic E-state index is 5.28. The van der Waals surface area contributed by atoms with E-state index in [-0.39, 0.29) is 0 Å². The predicted octanol–water partition coefficient (Wildman–Crippen LogP) is 3.86. The molecule has 0 aromatic carbocycles. The van der Waals surface area contributed by atoms with E-state index in [1.54, 1.807) is 6.20 Å². The molecule has 1 saturated carbocycles. The van der Waals surface area contributed by atoms with Crippen LogP contribution in [0.2, 0.25) is 0 Å². The molecular formula is C16H24N2O. The second kappa shape index (κ2) is 6.09. The number of hydrogen-bond donors (Lipinski definition) is 1. The van der Waals surface area contributed by atoms with Crippen molar-refractivity contribution in [1.29, 1.82) is 0 Å². The summed E-state index contributed by atoms with van der Waals surface area (Å²) < 4.78 is 5.28. The third-order valence-corrected chi connectivity index (χ3v) is 4.50. The van der Waals surface area contributed by atoms with Crippen molar-refractivity contribution >= 4 is 5.70 Å². The molecule has 1 aromatic heterocycles. The Morgan fingerprint density at radius 3 is 3.00 bits per heavy atom. The first-order valence-corrected chi connectivity index (χ1v) is 7.10. The Balaban J connectivity index is 2.00. The van der Waals surface area contributed by atoms with Gasteiger partial charge in [-0.1, -0.05) is 32.9 Å². The molecule has 1 heterocycles. The van der Waals surface area contributed by atoms with Crippen molar-refractivity contribution in [3.05, 3.63) is 37.6 Å². The van der Waals surface area contributed by atoms with Gasteiger partial charge in [0.25, 0.3) is 0 Å². The fourth-order valence-electron chi connectivity index (χ4n) is 3.18. The lowest BCUT2D eigenvalue weighted by atomic mass is 9.71. The summed E-state index contributed by atoms with van der Waals surface area (Å²) in [6.07, 6.45) is 8.96. The van der Waals surface area contributed by atoms with E-state index >= 15 is 0 Å². The van der Waals surface area contributed by atoms with Gasteiger partial charge in [0.15, 0.2) is 12.2 Å². The Morgan fingerprint density at radius 2 is 2.37 bits per heavy atom. The molecule has 0 aliphatic heterocycles. The molecule has 2 rings (SSSR count). The molecule has 1 fully saturated rings. The minimum atomic E-state index is 0.457. The Labute approximate surface area is 115 Å². The van der Waals surface area contributed by atoms with Gasteiger partial charge in [0.05, 0.1) is 11.9 Å². The van der Waals surface area contributed by atoms with E-state index in [1.165, 1.54) is 25.7 Å². The molecule has 0 saturated heterocycles. The van der Waals surface area contributed by atoms with Gasteiger partial charge in [0.1, 0.15) is 0 Å². The number of nitrogens with zero attached hydrogens (tertiary/aromatic N) is 1. The van der Waals surface area contributed by atoms with Gasteiger partial charge in [-0.15, -0.1) is 6.58 Å². The van der Waals surface area contributed by atoms with Crippen LogP contribution in [0.1, 0.15) is 38.9 Å². The maximum atomic E-state index is 5.28. The van der Waals surface area contributed by atoms with Gasteiger partial charge in [0.2, 0.25) is 0 Å². The second-order valence-corrected chi connectivity index (χ2v) is 5.64. The number of oxazole rings is 1. The number of allylic oxidation sites excluding steroid dienone is 1. The molecule has 4 unspecified atom stereocenters. The summed E-state index contributed by atoms with van der Waals surface area (Å²) in [6, 6.07) is 0.457. The molecule has 0 bridgehead atoms. The molecule has 19 heavy (non-hydrogen) atoms. The first-order valence-electron chi connectivity index (χ1n) is 7.10. The van der Waals surface area contributed by atoms with Gasteiger partial charge in [-0.25, -0.2) is 4.98 Å². The van der Waals surface area contributed by atoms with Crippen molar-refractivity contribution in [1.82, 2.24) is 10.3 Å². The lowest BCUT2D eigenvalue weighted by Gasteiger charge is -2.39. The van der Waals surface area contributed by atoms with Crippen LogP contribution in [0.15, 0.2) is 36.2 Å². The Kier molecular flexibility index (Phi) is 4.46. The van der Waals surface area contributed by atoms with E-state index in [9.17, 15) is 0 Å². The van der Waals surface area contributed by atoms with E-state index in [0.717, 1.165) is 11.5 Å². The monoisotopic (exact) mass is 260 g/mol. The van der Waals surface area contributed by atoms with E-state index in [2.05, 4.69) is 43.4 Å². The van der Waals surface area contributed by atoms with Crippen molar-refractivity contribution in [2.24, 2.45) is 17.8 Å². The summed E-state index contributed by atoms with van der Waals surface area (Å²) >= 11 is 0. The summed E-state index contributed by atoms with van der Waals surface area (Å²) in [6.45, 7) is 12.6. The number of nitrogens with one attached hydrogen (secondary N) is 1. The van der Waals surface area contributed by atoms with Crippen LogP contribution in [0, 0.1) is 17.8 Å². The zero-order chi connectivity index (χ0) is 13.8. The lowest BCUT2D eigenvalue weighted by molar-refractivity contribution is 0.171. The zero-order valence-corrected chi connectivity index (χ0v) is 11.9. The zero-order valence-electron chi connectivity index (χ0n) is 11.9. The smallest absolute Gasteiger partial charge is 0.181 e. The molecule has 0 radical (unpaired) electrons. The fourth-order valence-corrected chi connectivity index (χ4v) is 3.18. The molecule has 1 aliphatic carbocycles. The predicted molar refractivity (Wildman–Crippen MR) is 78.3 cm³/mol. The molecule has 4 atom stereocenters. The minimum absolute atomic E-state index is 0.457. The quantitative estimate of drug-likeness (QED) is 0.817. The number of aromatic nitrogens is 1. The average molecular weight is 260 g/mol. The second-order valence-electron chi connectivity index (χ2n) is 5.64. The summed E-state index contributed by atoms with van der Waals surface area (Å²) in [5.41, 5.74) is 0.834. The normalized spacial score (nSPS) is 28.6. The number of hydrogen-bond acceptors (Lipinski definition) is 3. The van der Waals surface area contributed by atoms with Crippen LogP contribution in [0.5, 0.6) is 0 Å². The van der Waals surface area contributed by atoms with Crippen LogP contribution < -0.4 is 5.32 Å².